The molecule has 0 spiro atoms. The topological polar surface area (TPSA) is 56.5 Å². The summed E-state index contributed by atoms with van der Waals surface area (Å²) in [6.45, 7) is 2.15. The standard InChI is InChI=1S/C14H20F2N2O2S/c1-19-6-7-20-5-3-2-4-18-13-11(15)8-10(14(17)21)9-12(13)16/h8-9,18H,2-7H2,1H3,(H2,17,21). The van der Waals surface area contributed by atoms with Gasteiger partial charge in [-0.3, -0.25) is 0 Å². The molecule has 4 nitrogen and oxygen atoms in total. The zero-order valence-corrected chi connectivity index (χ0v) is 12.8. The minimum Gasteiger partial charge on any atom is -0.389 e. The Bertz CT molecular complexity index is 449. The van der Waals surface area contributed by atoms with Crippen molar-refractivity contribution in [2.45, 2.75) is 12.8 Å². The molecule has 7 heteroatoms. The molecule has 0 bridgehead atoms. The quantitative estimate of drug-likeness (QED) is 0.513. The van der Waals surface area contributed by atoms with Crippen LogP contribution < -0.4 is 11.1 Å². The Morgan fingerprint density at radius 1 is 1.19 bits per heavy atom. The van der Waals surface area contributed by atoms with Crippen molar-refractivity contribution in [1.29, 1.82) is 0 Å². The number of rotatable bonds is 10. The molecule has 118 valence electrons. The average Bonchev–Trinajstić information content (AvgIpc) is 2.43. The number of nitrogens with one attached hydrogen (secondary N) is 1. The molecule has 0 atom stereocenters. The predicted octanol–water partition coefficient (Wildman–Crippen LogP) is 2.45. The first kappa shape index (κ1) is 17.7. The van der Waals surface area contributed by atoms with Crippen molar-refractivity contribution < 1.29 is 18.3 Å². The fourth-order valence-corrected chi connectivity index (χ4v) is 1.79. The van der Waals surface area contributed by atoms with Gasteiger partial charge in [0.05, 0.1) is 13.2 Å². The summed E-state index contributed by atoms with van der Waals surface area (Å²) in [5, 5.41) is 2.74. The molecule has 0 saturated heterocycles. The maximum atomic E-state index is 13.7. The molecule has 0 saturated carbocycles. The summed E-state index contributed by atoms with van der Waals surface area (Å²) in [7, 11) is 1.61. The Morgan fingerprint density at radius 2 is 1.86 bits per heavy atom. The average molecular weight is 318 g/mol. The number of nitrogens with two attached hydrogens (primary N) is 1. The van der Waals surface area contributed by atoms with Gasteiger partial charge in [-0.05, 0) is 25.0 Å². The first-order chi connectivity index (χ1) is 10.1. The highest BCUT2D eigenvalue weighted by Gasteiger charge is 2.11. The highest BCUT2D eigenvalue weighted by Crippen LogP contribution is 2.20. The monoisotopic (exact) mass is 318 g/mol. The second-order valence-corrected chi connectivity index (χ2v) is 4.86. The fraction of sp³-hybridized carbons (Fsp3) is 0.500. The van der Waals surface area contributed by atoms with Gasteiger partial charge in [0.15, 0.2) is 0 Å². The summed E-state index contributed by atoms with van der Waals surface area (Å²) in [6.07, 6.45) is 1.54. The van der Waals surface area contributed by atoms with E-state index in [9.17, 15) is 8.78 Å². The number of methoxy groups -OCH3 is 1. The molecule has 0 amide bonds. The van der Waals surface area contributed by atoms with Crippen LogP contribution in [-0.2, 0) is 9.47 Å². The van der Waals surface area contributed by atoms with Crippen molar-refractivity contribution in [2.24, 2.45) is 5.73 Å². The third kappa shape index (κ3) is 6.33. The predicted molar refractivity (Wildman–Crippen MR) is 82.7 cm³/mol. The molecule has 0 heterocycles. The van der Waals surface area contributed by atoms with Crippen LogP contribution in [-0.4, -0.2) is 38.5 Å². The van der Waals surface area contributed by atoms with Crippen molar-refractivity contribution in [1.82, 2.24) is 0 Å². The van der Waals surface area contributed by atoms with E-state index in [0.29, 0.717) is 26.4 Å². The second-order valence-electron chi connectivity index (χ2n) is 4.42. The van der Waals surface area contributed by atoms with Crippen LogP contribution in [0, 0.1) is 11.6 Å². The minimum absolute atomic E-state index is 0.0347. The van der Waals surface area contributed by atoms with E-state index in [0.717, 1.165) is 25.0 Å². The number of ether oxygens (including phenoxy) is 2. The van der Waals surface area contributed by atoms with Crippen LogP contribution in [0.4, 0.5) is 14.5 Å². The number of halogens is 2. The molecule has 0 aromatic heterocycles. The molecule has 0 aliphatic rings. The molecule has 0 aliphatic heterocycles. The van der Waals surface area contributed by atoms with Gasteiger partial charge in [-0.2, -0.15) is 0 Å². The molecule has 1 aromatic rings. The zero-order valence-electron chi connectivity index (χ0n) is 12.0. The lowest BCUT2D eigenvalue weighted by Gasteiger charge is -2.10. The number of hydrogen-bond donors (Lipinski definition) is 2. The van der Waals surface area contributed by atoms with Gasteiger partial charge in [0.2, 0.25) is 0 Å². The first-order valence-corrected chi connectivity index (χ1v) is 7.06. The Hall–Kier alpha value is -1.31. The molecule has 3 N–H and O–H groups in total. The number of anilines is 1. The van der Waals surface area contributed by atoms with Crippen molar-refractivity contribution in [3.8, 4) is 0 Å². The van der Waals surface area contributed by atoms with Crippen molar-refractivity contribution >= 4 is 22.9 Å². The normalized spacial score (nSPS) is 10.6. The van der Waals surface area contributed by atoms with Gasteiger partial charge >= 0.3 is 0 Å². The van der Waals surface area contributed by atoms with Gasteiger partial charge in [-0.1, -0.05) is 12.2 Å². The van der Waals surface area contributed by atoms with Crippen LogP contribution in [0.1, 0.15) is 18.4 Å². The smallest absolute Gasteiger partial charge is 0.150 e. The lowest BCUT2D eigenvalue weighted by molar-refractivity contribution is 0.0691. The molecular weight excluding hydrogens is 298 g/mol. The molecule has 0 radical (unpaired) electrons. The third-order valence-electron chi connectivity index (χ3n) is 2.78. The highest BCUT2D eigenvalue weighted by atomic mass is 32.1. The second kappa shape index (κ2) is 9.59. The van der Waals surface area contributed by atoms with E-state index < -0.39 is 11.6 Å². The van der Waals surface area contributed by atoms with Crippen LogP contribution in [0.5, 0.6) is 0 Å². The van der Waals surface area contributed by atoms with Gasteiger partial charge in [0, 0.05) is 25.8 Å². The van der Waals surface area contributed by atoms with Crippen molar-refractivity contribution in [3.05, 3.63) is 29.3 Å². The van der Waals surface area contributed by atoms with Gasteiger partial charge < -0.3 is 20.5 Å². The molecule has 0 fully saturated rings. The van der Waals surface area contributed by atoms with Gasteiger partial charge in [-0.15, -0.1) is 0 Å². The van der Waals surface area contributed by atoms with E-state index in [-0.39, 0.29) is 16.2 Å². The Balaban J connectivity index is 2.34. The zero-order chi connectivity index (χ0) is 15.7. The maximum Gasteiger partial charge on any atom is 0.150 e. The van der Waals surface area contributed by atoms with Crippen LogP contribution in [0.15, 0.2) is 12.1 Å². The number of unbranched alkanes of at least 4 members (excludes halogenated alkanes) is 1. The molecular formula is C14H20F2N2O2S. The van der Waals surface area contributed by atoms with E-state index in [4.69, 9.17) is 27.4 Å². The Morgan fingerprint density at radius 3 is 2.43 bits per heavy atom. The van der Waals surface area contributed by atoms with Crippen LogP contribution in [0.3, 0.4) is 0 Å². The van der Waals surface area contributed by atoms with E-state index >= 15 is 0 Å². The maximum absolute atomic E-state index is 13.7. The largest absolute Gasteiger partial charge is 0.389 e. The van der Waals surface area contributed by atoms with Crippen LogP contribution in [0.2, 0.25) is 0 Å². The lowest BCUT2D eigenvalue weighted by Crippen LogP contribution is -2.12. The SMILES string of the molecule is COCCOCCCCNc1c(F)cc(C(N)=S)cc1F. The molecule has 0 aliphatic carbocycles. The molecule has 1 aromatic carbocycles. The number of benzene rings is 1. The van der Waals surface area contributed by atoms with Crippen molar-refractivity contribution in [3.63, 3.8) is 0 Å². The fourth-order valence-electron chi connectivity index (χ4n) is 1.67. The minimum atomic E-state index is -0.700. The molecule has 21 heavy (non-hydrogen) atoms. The highest BCUT2D eigenvalue weighted by molar-refractivity contribution is 7.80. The molecule has 0 unspecified atom stereocenters. The van der Waals surface area contributed by atoms with E-state index in [1.54, 1.807) is 7.11 Å². The summed E-state index contributed by atoms with van der Waals surface area (Å²) >= 11 is 4.69. The van der Waals surface area contributed by atoms with Gasteiger partial charge in [0.25, 0.3) is 0 Å². The summed E-state index contributed by atoms with van der Waals surface area (Å²) < 4.78 is 37.6. The van der Waals surface area contributed by atoms with Gasteiger partial charge in [0.1, 0.15) is 22.3 Å². The lowest BCUT2D eigenvalue weighted by atomic mass is 10.2. The number of hydrogen-bond acceptors (Lipinski definition) is 4. The molecule has 1 rings (SSSR count). The summed E-state index contributed by atoms with van der Waals surface area (Å²) in [6, 6.07) is 2.25. The van der Waals surface area contributed by atoms with Crippen LogP contribution in [0.25, 0.3) is 0 Å². The Kier molecular flexibility index (Phi) is 8.11. The Labute approximate surface area is 128 Å². The number of thiocarbonyl (C=S) groups is 1. The van der Waals surface area contributed by atoms with Gasteiger partial charge in [-0.25, -0.2) is 8.78 Å². The van der Waals surface area contributed by atoms with Crippen LogP contribution >= 0.6 is 12.2 Å². The van der Waals surface area contributed by atoms with E-state index in [2.05, 4.69) is 5.32 Å². The van der Waals surface area contributed by atoms with E-state index in [1.807, 2.05) is 0 Å². The summed E-state index contributed by atoms with van der Waals surface area (Å²) in [5.41, 5.74) is 5.37. The summed E-state index contributed by atoms with van der Waals surface area (Å²) in [5.74, 6) is -1.40. The third-order valence-corrected chi connectivity index (χ3v) is 3.01. The van der Waals surface area contributed by atoms with E-state index in [1.165, 1.54) is 0 Å². The first-order valence-electron chi connectivity index (χ1n) is 6.65. The van der Waals surface area contributed by atoms with Crippen molar-refractivity contribution in [2.75, 3.05) is 38.8 Å². The summed E-state index contributed by atoms with van der Waals surface area (Å²) in [4.78, 5) is -0.0347.